The number of hydrogen-bond acceptors (Lipinski definition) is 2. The van der Waals surface area contributed by atoms with E-state index in [2.05, 4.69) is 5.32 Å². The Kier molecular flexibility index (Phi) is 5.75. The fourth-order valence-corrected chi connectivity index (χ4v) is 3.96. The summed E-state index contributed by atoms with van der Waals surface area (Å²) in [5.74, 6) is -0.949. The molecule has 0 aromatic heterocycles. The standard InChI is InChI=1S/C23H17Cl2FN2O2/c24-15-7-10-18-20(27-22(29)17-3-1-2-4-19(17)25)11-12-28(21(18)13-15)23(30)14-5-8-16(26)9-6-14/h1-10,13,20H,11-12H2,(H,27,29). The molecule has 0 saturated heterocycles. The van der Waals surface area contributed by atoms with Crippen LogP contribution >= 0.6 is 23.2 Å². The van der Waals surface area contributed by atoms with Crippen molar-refractivity contribution in [1.82, 2.24) is 5.32 Å². The Bertz CT molecular complexity index is 1120. The first-order valence-corrected chi connectivity index (χ1v) is 10.1. The number of halogens is 3. The lowest BCUT2D eigenvalue weighted by atomic mass is 9.95. The fraction of sp³-hybridized carbons (Fsp3) is 0.130. The van der Waals surface area contributed by atoms with Crippen LogP contribution in [0.5, 0.6) is 0 Å². The molecule has 4 rings (SSSR count). The maximum atomic E-state index is 13.2. The highest BCUT2D eigenvalue weighted by Crippen LogP contribution is 2.37. The van der Waals surface area contributed by atoms with Crippen LogP contribution in [0.15, 0.2) is 66.7 Å². The minimum atomic E-state index is -0.406. The van der Waals surface area contributed by atoms with E-state index in [0.717, 1.165) is 5.56 Å². The van der Waals surface area contributed by atoms with E-state index in [1.807, 2.05) is 0 Å². The highest BCUT2D eigenvalue weighted by atomic mass is 35.5. The Hall–Kier alpha value is -2.89. The van der Waals surface area contributed by atoms with Gasteiger partial charge in [-0.25, -0.2) is 4.39 Å². The molecule has 0 fully saturated rings. The maximum absolute atomic E-state index is 13.2. The number of nitrogens with zero attached hydrogens (tertiary/aromatic N) is 1. The minimum absolute atomic E-state index is 0.255. The first-order valence-electron chi connectivity index (χ1n) is 9.36. The molecule has 0 spiro atoms. The van der Waals surface area contributed by atoms with E-state index in [1.54, 1.807) is 47.4 Å². The second kappa shape index (κ2) is 8.46. The molecular formula is C23H17Cl2FN2O2. The SMILES string of the molecule is O=C(NC1CCN(C(=O)c2ccc(F)cc2)c2cc(Cl)ccc21)c1ccccc1Cl. The summed E-state index contributed by atoms with van der Waals surface area (Å²) in [5, 5.41) is 3.85. The molecule has 1 aliphatic rings. The fourth-order valence-electron chi connectivity index (χ4n) is 3.57. The van der Waals surface area contributed by atoms with E-state index >= 15 is 0 Å². The Balaban J connectivity index is 1.64. The molecule has 7 heteroatoms. The molecule has 0 radical (unpaired) electrons. The zero-order chi connectivity index (χ0) is 21.3. The van der Waals surface area contributed by atoms with E-state index in [-0.39, 0.29) is 17.9 Å². The maximum Gasteiger partial charge on any atom is 0.258 e. The highest BCUT2D eigenvalue weighted by molar-refractivity contribution is 6.33. The topological polar surface area (TPSA) is 49.4 Å². The van der Waals surface area contributed by atoms with Gasteiger partial charge < -0.3 is 10.2 Å². The van der Waals surface area contributed by atoms with Gasteiger partial charge in [0.2, 0.25) is 0 Å². The number of fused-ring (bicyclic) bond motifs is 1. The lowest BCUT2D eigenvalue weighted by Gasteiger charge is -2.35. The van der Waals surface area contributed by atoms with Gasteiger partial charge in [0, 0.05) is 17.1 Å². The monoisotopic (exact) mass is 442 g/mol. The van der Waals surface area contributed by atoms with E-state index in [0.29, 0.717) is 39.8 Å². The molecule has 0 aliphatic carbocycles. The molecule has 1 aliphatic heterocycles. The lowest BCUT2D eigenvalue weighted by Crippen LogP contribution is -2.41. The molecule has 0 bridgehead atoms. The van der Waals surface area contributed by atoms with Crippen LogP contribution < -0.4 is 10.2 Å². The Morgan fingerprint density at radius 3 is 2.47 bits per heavy atom. The van der Waals surface area contributed by atoms with E-state index in [9.17, 15) is 14.0 Å². The Morgan fingerprint density at radius 1 is 1.00 bits per heavy atom. The molecular weight excluding hydrogens is 426 g/mol. The molecule has 3 aromatic carbocycles. The zero-order valence-electron chi connectivity index (χ0n) is 15.7. The molecule has 2 amide bonds. The first-order chi connectivity index (χ1) is 14.4. The van der Waals surface area contributed by atoms with Crippen LogP contribution in [-0.2, 0) is 0 Å². The normalized spacial score (nSPS) is 15.4. The summed E-state index contributed by atoms with van der Waals surface area (Å²) in [4.78, 5) is 27.4. The van der Waals surface area contributed by atoms with Crippen molar-refractivity contribution >= 4 is 40.7 Å². The molecule has 1 atom stereocenters. The Labute approximate surface area is 183 Å². The van der Waals surface area contributed by atoms with Gasteiger partial charge >= 0.3 is 0 Å². The predicted octanol–water partition coefficient (Wildman–Crippen LogP) is 5.65. The molecule has 4 nitrogen and oxygen atoms in total. The van der Waals surface area contributed by atoms with Crippen LogP contribution in [0.1, 0.15) is 38.7 Å². The van der Waals surface area contributed by atoms with Crippen LogP contribution in [0.2, 0.25) is 10.0 Å². The van der Waals surface area contributed by atoms with Crippen molar-refractivity contribution in [3.05, 3.63) is 99.3 Å². The van der Waals surface area contributed by atoms with Gasteiger partial charge in [-0.1, -0.05) is 41.4 Å². The average molecular weight is 443 g/mol. The highest BCUT2D eigenvalue weighted by Gasteiger charge is 2.31. The van der Waals surface area contributed by atoms with Gasteiger partial charge in [-0.05, 0) is 60.5 Å². The molecule has 3 aromatic rings. The molecule has 0 saturated carbocycles. The third-order valence-corrected chi connectivity index (χ3v) is 5.62. The van der Waals surface area contributed by atoms with E-state index in [4.69, 9.17) is 23.2 Å². The minimum Gasteiger partial charge on any atom is -0.345 e. The summed E-state index contributed by atoms with van der Waals surface area (Å²) >= 11 is 12.3. The predicted molar refractivity (Wildman–Crippen MR) is 116 cm³/mol. The van der Waals surface area contributed by atoms with Crippen molar-refractivity contribution in [3.63, 3.8) is 0 Å². The van der Waals surface area contributed by atoms with Crippen molar-refractivity contribution in [2.45, 2.75) is 12.5 Å². The summed E-state index contributed by atoms with van der Waals surface area (Å²) in [6.45, 7) is 0.372. The number of amides is 2. The van der Waals surface area contributed by atoms with Gasteiger partial charge in [-0.15, -0.1) is 0 Å². The van der Waals surface area contributed by atoms with Crippen LogP contribution in [0.3, 0.4) is 0 Å². The van der Waals surface area contributed by atoms with Crippen LogP contribution in [-0.4, -0.2) is 18.4 Å². The van der Waals surface area contributed by atoms with Gasteiger partial charge in [-0.2, -0.15) is 0 Å². The van der Waals surface area contributed by atoms with Crippen molar-refractivity contribution in [2.75, 3.05) is 11.4 Å². The van der Waals surface area contributed by atoms with E-state index in [1.165, 1.54) is 24.3 Å². The quantitative estimate of drug-likeness (QED) is 0.569. The van der Waals surface area contributed by atoms with Crippen molar-refractivity contribution < 1.29 is 14.0 Å². The van der Waals surface area contributed by atoms with Crippen LogP contribution in [0, 0.1) is 5.82 Å². The molecule has 1 N–H and O–H groups in total. The zero-order valence-corrected chi connectivity index (χ0v) is 17.3. The smallest absolute Gasteiger partial charge is 0.258 e. The molecule has 1 unspecified atom stereocenters. The number of rotatable bonds is 3. The number of nitrogens with one attached hydrogen (secondary N) is 1. The number of hydrogen-bond donors (Lipinski definition) is 1. The first kappa shape index (κ1) is 20.4. The Morgan fingerprint density at radius 2 is 1.73 bits per heavy atom. The third kappa shape index (κ3) is 4.04. The number of carbonyl (C=O) groups excluding carboxylic acids is 2. The molecule has 152 valence electrons. The van der Waals surface area contributed by atoms with Crippen molar-refractivity contribution in [2.24, 2.45) is 0 Å². The number of benzene rings is 3. The molecule has 1 heterocycles. The van der Waals surface area contributed by atoms with Gasteiger partial charge in [0.05, 0.1) is 22.3 Å². The van der Waals surface area contributed by atoms with Gasteiger partial charge in [-0.3, -0.25) is 9.59 Å². The van der Waals surface area contributed by atoms with Gasteiger partial charge in [0.1, 0.15) is 5.82 Å². The van der Waals surface area contributed by atoms with Crippen LogP contribution in [0.25, 0.3) is 0 Å². The third-order valence-electron chi connectivity index (χ3n) is 5.06. The molecule has 30 heavy (non-hydrogen) atoms. The number of carbonyl (C=O) groups is 2. The largest absolute Gasteiger partial charge is 0.345 e. The van der Waals surface area contributed by atoms with Gasteiger partial charge in [0.15, 0.2) is 0 Å². The van der Waals surface area contributed by atoms with Gasteiger partial charge in [0.25, 0.3) is 11.8 Å². The second-order valence-corrected chi connectivity index (χ2v) is 7.81. The average Bonchev–Trinajstić information content (AvgIpc) is 2.74. The summed E-state index contributed by atoms with van der Waals surface area (Å²) in [6.07, 6.45) is 0.512. The summed E-state index contributed by atoms with van der Waals surface area (Å²) in [7, 11) is 0. The van der Waals surface area contributed by atoms with Crippen LogP contribution in [0.4, 0.5) is 10.1 Å². The number of anilines is 1. The van der Waals surface area contributed by atoms with Crippen molar-refractivity contribution in [3.8, 4) is 0 Å². The summed E-state index contributed by atoms with van der Waals surface area (Å²) < 4.78 is 13.2. The summed E-state index contributed by atoms with van der Waals surface area (Å²) in [6, 6.07) is 17.2. The van der Waals surface area contributed by atoms with Crippen molar-refractivity contribution in [1.29, 1.82) is 0 Å². The van der Waals surface area contributed by atoms with E-state index < -0.39 is 5.82 Å². The summed E-state index contributed by atoms with van der Waals surface area (Å²) in [5.41, 5.74) is 2.16. The second-order valence-electron chi connectivity index (χ2n) is 6.96. The lowest BCUT2D eigenvalue weighted by molar-refractivity contribution is 0.0933.